The number of imidazole rings is 1. The van der Waals surface area contributed by atoms with E-state index in [1.54, 1.807) is 25.6 Å². The number of piperidine rings is 1. The Labute approximate surface area is 201 Å². The number of likely N-dealkylation sites (tertiary alicyclic amines) is 1. The molecule has 4 rings (SSSR count). The first-order valence-corrected chi connectivity index (χ1v) is 11.2. The third-order valence-corrected chi connectivity index (χ3v) is 6.06. The summed E-state index contributed by atoms with van der Waals surface area (Å²) in [5.41, 5.74) is 2.87. The molecule has 1 amide bonds. The lowest BCUT2D eigenvalue weighted by atomic mass is 9.94. The van der Waals surface area contributed by atoms with E-state index in [4.69, 9.17) is 4.74 Å². The van der Waals surface area contributed by atoms with Gasteiger partial charge in [-0.3, -0.25) is 4.79 Å². The molecule has 1 N–H and O–H groups in total. The number of aryl methyl sites for hydroxylation is 1. The van der Waals surface area contributed by atoms with E-state index in [1.165, 1.54) is 11.8 Å². The van der Waals surface area contributed by atoms with E-state index in [0.29, 0.717) is 24.2 Å². The Balaban J connectivity index is 1.66. The number of benzene rings is 2. The highest BCUT2D eigenvalue weighted by Gasteiger charge is 2.34. The van der Waals surface area contributed by atoms with E-state index in [-0.39, 0.29) is 18.0 Å². The molecular weight excluding hydrogens is 459 g/mol. The molecule has 1 aliphatic heterocycles. The van der Waals surface area contributed by atoms with Gasteiger partial charge in [0.15, 0.2) is 17.5 Å². The predicted octanol–water partition coefficient (Wildman–Crippen LogP) is 4.73. The SMILES string of the molecule is COc1cc(/C=C2\CCCN([C@H](c3cc(F)c(F)c(F)c3)[C@@H](C)O)C2=O)ccc1-n1cnc(C)c1. The highest BCUT2D eigenvalue weighted by Crippen LogP contribution is 2.33. The van der Waals surface area contributed by atoms with Gasteiger partial charge < -0.3 is 19.3 Å². The number of hydrogen-bond donors (Lipinski definition) is 1. The average Bonchev–Trinajstić information content (AvgIpc) is 3.25. The maximum absolute atomic E-state index is 13.9. The van der Waals surface area contributed by atoms with Gasteiger partial charge >= 0.3 is 0 Å². The summed E-state index contributed by atoms with van der Waals surface area (Å²) in [5.74, 6) is -4.10. The monoisotopic (exact) mass is 485 g/mol. The molecule has 0 saturated carbocycles. The summed E-state index contributed by atoms with van der Waals surface area (Å²) in [6, 6.07) is 6.13. The van der Waals surface area contributed by atoms with Gasteiger partial charge in [-0.2, -0.15) is 0 Å². The van der Waals surface area contributed by atoms with Crippen molar-refractivity contribution >= 4 is 12.0 Å². The number of rotatable bonds is 6. The molecule has 0 unspecified atom stereocenters. The van der Waals surface area contributed by atoms with Crippen LogP contribution in [0, 0.1) is 24.4 Å². The Morgan fingerprint density at radius 2 is 1.89 bits per heavy atom. The zero-order valence-corrected chi connectivity index (χ0v) is 19.6. The van der Waals surface area contributed by atoms with Crippen molar-refractivity contribution in [3.8, 4) is 11.4 Å². The van der Waals surface area contributed by atoms with E-state index in [0.717, 1.165) is 29.1 Å². The van der Waals surface area contributed by atoms with Crippen LogP contribution in [0.1, 0.15) is 42.6 Å². The molecule has 0 spiro atoms. The number of aliphatic hydroxyl groups is 1. The van der Waals surface area contributed by atoms with Crippen LogP contribution in [0.5, 0.6) is 5.75 Å². The van der Waals surface area contributed by atoms with E-state index in [1.807, 2.05) is 29.8 Å². The number of aromatic nitrogens is 2. The number of nitrogens with zero attached hydrogens (tertiary/aromatic N) is 3. The number of hydrogen-bond acceptors (Lipinski definition) is 4. The average molecular weight is 486 g/mol. The van der Waals surface area contributed by atoms with Crippen LogP contribution in [0.4, 0.5) is 13.2 Å². The van der Waals surface area contributed by atoms with Crippen LogP contribution in [0.3, 0.4) is 0 Å². The molecular formula is C26H26F3N3O3. The van der Waals surface area contributed by atoms with Crippen molar-refractivity contribution in [1.29, 1.82) is 0 Å². The molecule has 2 aromatic carbocycles. The summed E-state index contributed by atoms with van der Waals surface area (Å²) in [7, 11) is 1.56. The van der Waals surface area contributed by atoms with E-state index in [9.17, 15) is 23.1 Å². The number of amides is 1. The second kappa shape index (κ2) is 9.95. The number of aliphatic hydroxyl groups excluding tert-OH is 1. The summed E-state index contributed by atoms with van der Waals surface area (Å²) in [6.07, 6.45) is 5.25. The highest BCUT2D eigenvalue weighted by molar-refractivity contribution is 5.99. The zero-order chi connectivity index (χ0) is 25.3. The molecule has 3 aromatic rings. The van der Waals surface area contributed by atoms with Crippen LogP contribution in [0.2, 0.25) is 0 Å². The van der Waals surface area contributed by atoms with Crippen molar-refractivity contribution in [3.05, 3.63) is 82.7 Å². The summed E-state index contributed by atoms with van der Waals surface area (Å²) >= 11 is 0. The topological polar surface area (TPSA) is 67.6 Å². The first kappa shape index (κ1) is 24.5. The zero-order valence-electron chi connectivity index (χ0n) is 19.6. The number of halogens is 3. The van der Waals surface area contributed by atoms with E-state index >= 15 is 0 Å². The van der Waals surface area contributed by atoms with Crippen molar-refractivity contribution in [1.82, 2.24) is 14.5 Å². The van der Waals surface area contributed by atoms with Crippen molar-refractivity contribution in [2.24, 2.45) is 0 Å². The maximum Gasteiger partial charge on any atom is 0.250 e. The number of ether oxygens (including phenoxy) is 1. The Morgan fingerprint density at radius 3 is 2.49 bits per heavy atom. The van der Waals surface area contributed by atoms with Crippen LogP contribution < -0.4 is 4.74 Å². The van der Waals surface area contributed by atoms with Crippen molar-refractivity contribution in [2.45, 2.75) is 38.8 Å². The molecule has 1 fully saturated rings. The van der Waals surface area contributed by atoms with Crippen molar-refractivity contribution < 1.29 is 27.8 Å². The predicted molar refractivity (Wildman–Crippen MR) is 125 cm³/mol. The molecule has 1 aromatic heterocycles. The first-order chi connectivity index (χ1) is 16.7. The molecule has 0 radical (unpaired) electrons. The fourth-order valence-corrected chi connectivity index (χ4v) is 4.45. The van der Waals surface area contributed by atoms with Crippen LogP contribution >= 0.6 is 0 Å². The smallest absolute Gasteiger partial charge is 0.250 e. The van der Waals surface area contributed by atoms with Crippen molar-refractivity contribution in [2.75, 3.05) is 13.7 Å². The summed E-state index contributed by atoms with van der Waals surface area (Å²) < 4.78 is 48.6. The Bertz CT molecular complexity index is 1260. The standard InChI is InChI=1S/C26H26F3N3O3/c1-15-13-31(14-30-15)22-7-6-17(10-23(22)35-3)9-18-5-4-8-32(26(18)34)25(16(2)33)19-11-20(27)24(29)21(28)12-19/h6-7,9-14,16,25,33H,4-5,8H2,1-3H3/b18-9+/t16-,25+/m1/s1. The molecule has 2 atom stereocenters. The second-order valence-corrected chi connectivity index (χ2v) is 8.61. The van der Waals surface area contributed by atoms with Gasteiger partial charge in [0.25, 0.3) is 0 Å². The quantitative estimate of drug-likeness (QED) is 0.405. The van der Waals surface area contributed by atoms with Gasteiger partial charge in [0.1, 0.15) is 5.75 Å². The third-order valence-electron chi connectivity index (χ3n) is 6.06. The third kappa shape index (κ3) is 4.95. The fraction of sp³-hybridized carbons (Fsp3) is 0.308. The normalized spacial score (nSPS) is 17.1. The summed E-state index contributed by atoms with van der Waals surface area (Å²) in [4.78, 5) is 19.0. The Kier molecular flexibility index (Phi) is 6.98. The van der Waals surface area contributed by atoms with Gasteiger partial charge in [-0.1, -0.05) is 6.07 Å². The fourth-order valence-electron chi connectivity index (χ4n) is 4.45. The molecule has 1 aliphatic rings. The Hall–Kier alpha value is -3.59. The number of methoxy groups -OCH3 is 1. The van der Waals surface area contributed by atoms with Crippen molar-refractivity contribution in [3.63, 3.8) is 0 Å². The lowest BCUT2D eigenvalue weighted by Gasteiger charge is -2.37. The highest BCUT2D eigenvalue weighted by atomic mass is 19.2. The second-order valence-electron chi connectivity index (χ2n) is 8.61. The first-order valence-electron chi connectivity index (χ1n) is 11.2. The van der Waals surface area contributed by atoms with Gasteiger partial charge in [-0.15, -0.1) is 0 Å². The number of carbonyl (C=O) groups excluding carboxylic acids is 1. The summed E-state index contributed by atoms with van der Waals surface area (Å²) in [6.45, 7) is 3.60. The number of carbonyl (C=O) groups is 1. The van der Waals surface area contributed by atoms with Gasteiger partial charge in [0, 0.05) is 18.3 Å². The lowest BCUT2D eigenvalue weighted by Crippen LogP contribution is -2.43. The minimum Gasteiger partial charge on any atom is -0.495 e. The molecule has 184 valence electrons. The molecule has 9 heteroatoms. The molecule has 0 bridgehead atoms. The van der Waals surface area contributed by atoms with Gasteiger partial charge in [0.05, 0.1) is 37.0 Å². The minimum atomic E-state index is -1.59. The molecule has 0 aliphatic carbocycles. The Morgan fingerprint density at radius 1 is 1.17 bits per heavy atom. The summed E-state index contributed by atoms with van der Waals surface area (Å²) in [5, 5.41) is 10.4. The maximum atomic E-state index is 13.9. The molecule has 1 saturated heterocycles. The molecule has 6 nitrogen and oxygen atoms in total. The van der Waals surface area contributed by atoms with Gasteiger partial charge in [0.2, 0.25) is 5.91 Å². The van der Waals surface area contributed by atoms with Crippen LogP contribution in [0.15, 0.2) is 48.4 Å². The van der Waals surface area contributed by atoms with Crippen LogP contribution in [0.25, 0.3) is 11.8 Å². The van der Waals surface area contributed by atoms with Gasteiger partial charge in [-0.05, 0) is 68.2 Å². The van der Waals surface area contributed by atoms with E-state index < -0.39 is 29.6 Å². The minimum absolute atomic E-state index is 0.00681. The molecule has 35 heavy (non-hydrogen) atoms. The van der Waals surface area contributed by atoms with Gasteiger partial charge in [-0.25, -0.2) is 18.2 Å². The largest absolute Gasteiger partial charge is 0.495 e. The molecule has 2 heterocycles. The lowest BCUT2D eigenvalue weighted by molar-refractivity contribution is -0.133. The van der Waals surface area contributed by atoms with Crippen LogP contribution in [-0.4, -0.2) is 45.2 Å². The van der Waals surface area contributed by atoms with E-state index in [2.05, 4.69) is 4.98 Å². The van der Waals surface area contributed by atoms with Crippen LogP contribution in [-0.2, 0) is 4.79 Å².